The van der Waals surface area contributed by atoms with E-state index in [1.54, 1.807) is 12.1 Å². The highest BCUT2D eigenvalue weighted by Gasteiger charge is 2.37. The SMILES string of the molecule is O=C1c2ccc(Nc3ccccc3)c(O)c2C(=O)c2c(O)ccc(O)c21. The van der Waals surface area contributed by atoms with Gasteiger partial charge in [0.1, 0.15) is 11.5 Å². The molecule has 0 bridgehead atoms. The van der Waals surface area contributed by atoms with Crippen LogP contribution in [0.4, 0.5) is 11.4 Å². The molecule has 3 aromatic rings. The number of para-hydroxylation sites is 1. The summed E-state index contributed by atoms with van der Waals surface area (Å²) >= 11 is 0. The second kappa shape index (κ2) is 5.63. The van der Waals surface area contributed by atoms with Crippen LogP contribution >= 0.6 is 0 Å². The first-order chi connectivity index (χ1) is 12.5. The largest absolute Gasteiger partial charge is 0.507 e. The zero-order chi connectivity index (χ0) is 18.4. The van der Waals surface area contributed by atoms with Gasteiger partial charge < -0.3 is 20.6 Å². The van der Waals surface area contributed by atoms with Gasteiger partial charge in [-0.25, -0.2) is 0 Å². The molecule has 0 atom stereocenters. The highest BCUT2D eigenvalue weighted by molar-refractivity contribution is 6.31. The Bertz CT molecular complexity index is 1070. The molecule has 0 radical (unpaired) electrons. The fourth-order valence-corrected chi connectivity index (χ4v) is 3.09. The number of nitrogens with one attached hydrogen (secondary N) is 1. The Morgan fingerprint density at radius 3 is 1.92 bits per heavy atom. The highest BCUT2D eigenvalue weighted by Crippen LogP contribution is 2.42. The molecular weight excluding hydrogens is 334 g/mol. The monoisotopic (exact) mass is 347 g/mol. The van der Waals surface area contributed by atoms with E-state index in [2.05, 4.69) is 5.32 Å². The van der Waals surface area contributed by atoms with Gasteiger partial charge in [0.25, 0.3) is 0 Å². The van der Waals surface area contributed by atoms with Crippen LogP contribution in [0.1, 0.15) is 31.8 Å². The van der Waals surface area contributed by atoms with Gasteiger partial charge in [0.15, 0.2) is 11.5 Å². The average Bonchev–Trinajstić information content (AvgIpc) is 2.64. The second-order valence-corrected chi connectivity index (χ2v) is 5.89. The van der Waals surface area contributed by atoms with Crippen molar-refractivity contribution in [2.45, 2.75) is 0 Å². The van der Waals surface area contributed by atoms with Crippen LogP contribution in [0.3, 0.4) is 0 Å². The minimum Gasteiger partial charge on any atom is -0.507 e. The van der Waals surface area contributed by atoms with Crippen molar-refractivity contribution in [1.29, 1.82) is 0 Å². The Labute approximate surface area is 148 Å². The number of aromatic hydroxyl groups is 3. The van der Waals surface area contributed by atoms with Gasteiger partial charge in [-0.1, -0.05) is 18.2 Å². The lowest BCUT2D eigenvalue weighted by Crippen LogP contribution is -2.21. The molecule has 6 heteroatoms. The predicted octanol–water partition coefficient (Wildman–Crippen LogP) is 3.32. The van der Waals surface area contributed by atoms with Crippen LogP contribution in [0.5, 0.6) is 17.2 Å². The van der Waals surface area contributed by atoms with E-state index in [1.165, 1.54) is 12.1 Å². The molecule has 128 valence electrons. The maximum absolute atomic E-state index is 12.8. The van der Waals surface area contributed by atoms with Crippen LogP contribution in [0.15, 0.2) is 54.6 Å². The first-order valence-electron chi connectivity index (χ1n) is 7.81. The van der Waals surface area contributed by atoms with Crippen LogP contribution in [-0.2, 0) is 0 Å². The van der Waals surface area contributed by atoms with Crippen molar-refractivity contribution in [1.82, 2.24) is 0 Å². The summed E-state index contributed by atoms with van der Waals surface area (Å²) < 4.78 is 0. The number of benzene rings is 3. The second-order valence-electron chi connectivity index (χ2n) is 5.89. The van der Waals surface area contributed by atoms with E-state index in [9.17, 15) is 24.9 Å². The fourth-order valence-electron chi connectivity index (χ4n) is 3.09. The maximum Gasteiger partial charge on any atom is 0.202 e. The molecule has 0 heterocycles. The van der Waals surface area contributed by atoms with Crippen LogP contribution in [0.2, 0.25) is 0 Å². The zero-order valence-corrected chi connectivity index (χ0v) is 13.4. The van der Waals surface area contributed by atoms with Gasteiger partial charge in [0.05, 0.1) is 22.4 Å². The van der Waals surface area contributed by atoms with Gasteiger partial charge in [0, 0.05) is 11.3 Å². The summed E-state index contributed by atoms with van der Waals surface area (Å²) in [5.41, 5.74) is 0.140. The van der Waals surface area contributed by atoms with E-state index in [1.807, 2.05) is 18.2 Å². The van der Waals surface area contributed by atoms with Gasteiger partial charge in [-0.05, 0) is 36.4 Å². The number of hydrogen-bond donors (Lipinski definition) is 4. The number of phenols is 3. The molecule has 6 nitrogen and oxygen atoms in total. The van der Waals surface area contributed by atoms with Crippen LogP contribution < -0.4 is 5.32 Å². The van der Waals surface area contributed by atoms with E-state index < -0.39 is 28.8 Å². The first kappa shape index (κ1) is 15.7. The smallest absolute Gasteiger partial charge is 0.202 e. The summed E-state index contributed by atoms with van der Waals surface area (Å²) in [5.74, 6) is -2.57. The molecule has 0 spiro atoms. The number of ketones is 2. The Hall–Kier alpha value is -3.80. The normalized spacial score (nSPS) is 12.5. The molecule has 26 heavy (non-hydrogen) atoms. The van der Waals surface area contributed by atoms with Crippen LogP contribution in [0.25, 0.3) is 0 Å². The van der Waals surface area contributed by atoms with Crippen molar-refractivity contribution in [2.24, 2.45) is 0 Å². The van der Waals surface area contributed by atoms with Crippen molar-refractivity contribution >= 4 is 22.9 Å². The molecule has 0 aromatic heterocycles. The standard InChI is InChI=1S/C20H13NO5/c22-13-8-9-14(23)17-16(13)18(24)11-6-7-12(19(25)15(11)20(17)26)21-10-4-2-1-3-5-10/h1-9,21-23,25H. The number of fused-ring (bicyclic) bond motifs is 2. The number of anilines is 2. The lowest BCUT2D eigenvalue weighted by molar-refractivity contribution is 0.0972. The maximum atomic E-state index is 12.8. The fraction of sp³-hybridized carbons (Fsp3) is 0. The average molecular weight is 347 g/mol. The Morgan fingerprint density at radius 2 is 1.27 bits per heavy atom. The van der Waals surface area contributed by atoms with Crippen molar-refractivity contribution in [3.63, 3.8) is 0 Å². The zero-order valence-electron chi connectivity index (χ0n) is 13.4. The molecule has 0 amide bonds. The lowest BCUT2D eigenvalue weighted by atomic mass is 9.82. The van der Waals surface area contributed by atoms with Crippen molar-refractivity contribution in [3.8, 4) is 17.2 Å². The third-order valence-corrected chi connectivity index (χ3v) is 4.32. The number of phenolic OH excluding ortho intramolecular Hbond substituents is 3. The van der Waals surface area contributed by atoms with Gasteiger partial charge in [-0.2, -0.15) is 0 Å². The van der Waals surface area contributed by atoms with E-state index in [4.69, 9.17) is 0 Å². The minimum atomic E-state index is -0.725. The molecular formula is C20H13NO5. The Morgan fingerprint density at radius 1 is 0.654 bits per heavy atom. The molecule has 0 unspecified atom stereocenters. The predicted molar refractivity (Wildman–Crippen MR) is 94.5 cm³/mol. The lowest BCUT2D eigenvalue weighted by Gasteiger charge is -2.21. The van der Waals surface area contributed by atoms with E-state index in [-0.39, 0.29) is 27.9 Å². The molecule has 1 aliphatic carbocycles. The molecule has 0 aliphatic heterocycles. The molecule has 4 rings (SSSR count). The summed E-state index contributed by atoms with van der Waals surface area (Å²) in [6.07, 6.45) is 0. The molecule has 4 N–H and O–H groups in total. The quantitative estimate of drug-likeness (QED) is 0.327. The van der Waals surface area contributed by atoms with E-state index in [0.29, 0.717) is 5.69 Å². The molecule has 3 aromatic carbocycles. The number of rotatable bonds is 2. The van der Waals surface area contributed by atoms with E-state index >= 15 is 0 Å². The number of carbonyl (C=O) groups excluding carboxylic acids is 2. The molecule has 0 saturated carbocycles. The summed E-state index contributed by atoms with van der Waals surface area (Å²) in [6, 6.07) is 14.2. The third-order valence-electron chi connectivity index (χ3n) is 4.32. The van der Waals surface area contributed by atoms with Crippen molar-refractivity contribution in [3.05, 3.63) is 76.9 Å². The topological polar surface area (TPSA) is 107 Å². The first-order valence-corrected chi connectivity index (χ1v) is 7.81. The number of carbonyl (C=O) groups is 2. The molecule has 1 aliphatic rings. The summed E-state index contributed by atoms with van der Waals surface area (Å²) in [7, 11) is 0. The van der Waals surface area contributed by atoms with Gasteiger partial charge >= 0.3 is 0 Å². The Balaban J connectivity index is 1.89. The minimum absolute atomic E-state index is 0.0282. The molecule has 0 saturated heterocycles. The number of hydrogen-bond acceptors (Lipinski definition) is 6. The van der Waals surface area contributed by atoms with Crippen molar-refractivity contribution < 1.29 is 24.9 Å². The Kier molecular flexibility index (Phi) is 3.40. The molecule has 0 fully saturated rings. The third kappa shape index (κ3) is 2.20. The van der Waals surface area contributed by atoms with Gasteiger partial charge in [0.2, 0.25) is 5.78 Å². The van der Waals surface area contributed by atoms with E-state index in [0.717, 1.165) is 12.1 Å². The van der Waals surface area contributed by atoms with Crippen LogP contribution in [0, 0.1) is 0 Å². The van der Waals surface area contributed by atoms with Gasteiger partial charge in [-0.15, -0.1) is 0 Å². The summed E-state index contributed by atoms with van der Waals surface area (Å²) in [6.45, 7) is 0. The summed E-state index contributed by atoms with van der Waals surface area (Å²) in [5, 5.41) is 33.5. The highest BCUT2D eigenvalue weighted by atomic mass is 16.3. The van der Waals surface area contributed by atoms with Crippen molar-refractivity contribution in [2.75, 3.05) is 5.32 Å². The van der Waals surface area contributed by atoms with Gasteiger partial charge in [-0.3, -0.25) is 9.59 Å². The van der Waals surface area contributed by atoms with Crippen LogP contribution in [-0.4, -0.2) is 26.9 Å². The summed E-state index contributed by atoms with van der Waals surface area (Å²) in [4.78, 5) is 25.5.